The maximum Gasteiger partial charge on any atom is 0.0635 e. The number of benzene rings is 1. The van der Waals surface area contributed by atoms with E-state index in [1.54, 1.807) is 0 Å². The van der Waals surface area contributed by atoms with Gasteiger partial charge < -0.3 is 10.6 Å². The second-order valence-electron chi connectivity index (χ2n) is 4.02. The molecule has 1 rings (SSSR count). The van der Waals surface area contributed by atoms with Crippen molar-refractivity contribution in [3.8, 4) is 0 Å². The molecule has 0 radical (unpaired) electrons. The third-order valence-corrected chi connectivity index (χ3v) is 2.81. The highest BCUT2D eigenvalue weighted by molar-refractivity contribution is 6.33. The van der Waals surface area contributed by atoms with Crippen LogP contribution in [0.5, 0.6) is 0 Å². The van der Waals surface area contributed by atoms with E-state index in [0.717, 1.165) is 25.9 Å². The normalized spacial score (nSPS) is 10.7. The lowest BCUT2D eigenvalue weighted by Crippen LogP contribution is -2.19. The van der Waals surface area contributed by atoms with Gasteiger partial charge >= 0.3 is 0 Å². The van der Waals surface area contributed by atoms with Crippen molar-refractivity contribution in [3.63, 3.8) is 0 Å². The fourth-order valence-corrected chi connectivity index (χ4v) is 1.71. The Bertz CT molecular complexity index is 350. The smallest absolute Gasteiger partial charge is 0.0635 e. The molecule has 0 saturated carbocycles. The lowest BCUT2D eigenvalue weighted by Gasteiger charge is -2.16. The van der Waals surface area contributed by atoms with Gasteiger partial charge in [0.25, 0.3) is 0 Å². The molecule has 2 nitrogen and oxygen atoms in total. The Hall–Kier alpha value is -0.990. The van der Waals surface area contributed by atoms with Crippen molar-refractivity contribution < 1.29 is 0 Å². The first-order valence-electron chi connectivity index (χ1n) is 5.47. The van der Waals surface area contributed by atoms with Crippen LogP contribution in [0.1, 0.15) is 18.4 Å². The molecule has 0 atom stereocenters. The van der Waals surface area contributed by atoms with E-state index in [9.17, 15) is 0 Å². The summed E-state index contributed by atoms with van der Waals surface area (Å²) in [5, 5.41) is 0.623. The highest BCUT2D eigenvalue weighted by Gasteiger charge is 2.02. The van der Waals surface area contributed by atoms with Crippen LogP contribution in [-0.2, 0) is 6.54 Å². The second kappa shape index (κ2) is 6.56. The zero-order valence-corrected chi connectivity index (χ0v) is 10.5. The van der Waals surface area contributed by atoms with Crippen LogP contribution in [0.4, 0.5) is 5.69 Å². The van der Waals surface area contributed by atoms with E-state index in [1.165, 1.54) is 5.56 Å². The van der Waals surface area contributed by atoms with E-state index in [-0.39, 0.29) is 0 Å². The van der Waals surface area contributed by atoms with Crippen molar-refractivity contribution in [2.75, 3.05) is 19.3 Å². The van der Waals surface area contributed by atoms with Gasteiger partial charge in [0.1, 0.15) is 0 Å². The SMILES string of the molecule is C=CCCCN(C)Cc1ccc(Cl)c(N)c1. The molecule has 0 spiro atoms. The molecule has 0 aliphatic heterocycles. The van der Waals surface area contributed by atoms with Crippen molar-refractivity contribution >= 4 is 17.3 Å². The van der Waals surface area contributed by atoms with Crippen molar-refractivity contribution in [1.82, 2.24) is 4.90 Å². The van der Waals surface area contributed by atoms with E-state index in [1.807, 2.05) is 24.3 Å². The minimum Gasteiger partial charge on any atom is -0.398 e. The highest BCUT2D eigenvalue weighted by atomic mass is 35.5. The van der Waals surface area contributed by atoms with Gasteiger partial charge in [-0.15, -0.1) is 6.58 Å². The fraction of sp³-hybridized carbons (Fsp3) is 0.385. The summed E-state index contributed by atoms with van der Waals surface area (Å²) in [7, 11) is 2.11. The van der Waals surface area contributed by atoms with Gasteiger partial charge in [-0.2, -0.15) is 0 Å². The zero-order valence-electron chi connectivity index (χ0n) is 9.75. The molecule has 0 saturated heterocycles. The molecular formula is C13H19ClN2. The minimum absolute atomic E-state index is 0.623. The average Bonchev–Trinajstić information content (AvgIpc) is 2.24. The quantitative estimate of drug-likeness (QED) is 0.468. The first-order valence-corrected chi connectivity index (χ1v) is 5.84. The van der Waals surface area contributed by atoms with E-state index in [0.29, 0.717) is 10.7 Å². The van der Waals surface area contributed by atoms with Crippen LogP contribution >= 0.6 is 11.6 Å². The lowest BCUT2D eigenvalue weighted by atomic mass is 10.2. The number of rotatable bonds is 6. The van der Waals surface area contributed by atoms with Gasteiger partial charge in [-0.25, -0.2) is 0 Å². The Morgan fingerprint density at radius 1 is 1.50 bits per heavy atom. The van der Waals surface area contributed by atoms with Crippen LogP contribution in [0.2, 0.25) is 5.02 Å². The monoisotopic (exact) mass is 238 g/mol. The van der Waals surface area contributed by atoms with Crippen LogP contribution in [0, 0.1) is 0 Å². The number of nitrogens with zero attached hydrogens (tertiary/aromatic N) is 1. The standard InChI is InChI=1S/C13H19ClN2/c1-3-4-5-8-16(2)10-11-6-7-12(14)13(15)9-11/h3,6-7,9H,1,4-5,8,10,15H2,2H3. The first kappa shape index (κ1) is 13.1. The number of anilines is 1. The van der Waals surface area contributed by atoms with Gasteiger partial charge in [0.15, 0.2) is 0 Å². The van der Waals surface area contributed by atoms with Crippen molar-refractivity contribution in [2.45, 2.75) is 19.4 Å². The fourth-order valence-electron chi connectivity index (χ4n) is 1.59. The predicted octanol–water partition coefficient (Wildman–Crippen LogP) is 3.32. The van der Waals surface area contributed by atoms with Crippen molar-refractivity contribution in [2.24, 2.45) is 0 Å². The minimum atomic E-state index is 0.623. The van der Waals surface area contributed by atoms with Crippen LogP contribution in [0.15, 0.2) is 30.9 Å². The summed E-state index contributed by atoms with van der Waals surface area (Å²) in [6, 6.07) is 5.80. The van der Waals surface area contributed by atoms with E-state index in [2.05, 4.69) is 18.5 Å². The Morgan fingerprint density at radius 3 is 2.88 bits per heavy atom. The van der Waals surface area contributed by atoms with Crippen LogP contribution < -0.4 is 5.73 Å². The Balaban J connectivity index is 2.46. The number of hydrogen-bond acceptors (Lipinski definition) is 2. The van der Waals surface area contributed by atoms with E-state index in [4.69, 9.17) is 17.3 Å². The van der Waals surface area contributed by atoms with Gasteiger partial charge in [-0.05, 0) is 44.1 Å². The Labute approximate surface area is 103 Å². The van der Waals surface area contributed by atoms with Crippen molar-refractivity contribution in [1.29, 1.82) is 0 Å². The third-order valence-electron chi connectivity index (χ3n) is 2.46. The van der Waals surface area contributed by atoms with Gasteiger partial charge in [-0.1, -0.05) is 23.7 Å². The van der Waals surface area contributed by atoms with E-state index >= 15 is 0 Å². The average molecular weight is 239 g/mol. The Kier molecular flexibility index (Phi) is 5.36. The molecule has 0 aromatic heterocycles. The molecule has 0 aliphatic rings. The van der Waals surface area contributed by atoms with Crippen LogP contribution in [-0.4, -0.2) is 18.5 Å². The molecule has 88 valence electrons. The third kappa shape index (κ3) is 4.25. The number of unbranched alkanes of at least 4 members (excludes halogenated alkanes) is 1. The van der Waals surface area contributed by atoms with Gasteiger partial charge in [0, 0.05) is 6.54 Å². The molecule has 3 heteroatoms. The number of hydrogen-bond donors (Lipinski definition) is 1. The summed E-state index contributed by atoms with van der Waals surface area (Å²) in [6.45, 7) is 5.68. The molecule has 0 fully saturated rings. The maximum absolute atomic E-state index is 5.87. The second-order valence-corrected chi connectivity index (χ2v) is 4.43. The maximum atomic E-state index is 5.87. The first-order chi connectivity index (χ1) is 7.63. The Morgan fingerprint density at radius 2 is 2.25 bits per heavy atom. The molecule has 0 unspecified atom stereocenters. The van der Waals surface area contributed by atoms with Gasteiger partial charge in [0.2, 0.25) is 0 Å². The van der Waals surface area contributed by atoms with Gasteiger partial charge in [-0.3, -0.25) is 0 Å². The van der Waals surface area contributed by atoms with Crippen LogP contribution in [0.3, 0.4) is 0 Å². The molecule has 0 bridgehead atoms. The number of halogens is 1. The molecule has 2 N–H and O–H groups in total. The topological polar surface area (TPSA) is 29.3 Å². The molecule has 0 amide bonds. The number of nitrogens with two attached hydrogens (primary N) is 1. The number of nitrogen functional groups attached to an aromatic ring is 1. The zero-order chi connectivity index (χ0) is 12.0. The number of allylic oxidation sites excluding steroid dienone is 1. The largest absolute Gasteiger partial charge is 0.398 e. The van der Waals surface area contributed by atoms with E-state index < -0.39 is 0 Å². The summed E-state index contributed by atoms with van der Waals surface area (Å²) in [6.07, 6.45) is 4.16. The molecular weight excluding hydrogens is 220 g/mol. The van der Waals surface area contributed by atoms with Gasteiger partial charge in [0.05, 0.1) is 10.7 Å². The molecule has 0 aliphatic carbocycles. The summed E-state index contributed by atoms with van der Waals surface area (Å²) >= 11 is 5.87. The molecule has 1 aromatic rings. The van der Waals surface area contributed by atoms with Crippen LogP contribution in [0.25, 0.3) is 0 Å². The molecule has 0 heterocycles. The summed E-state index contributed by atoms with van der Waals surface area (Å²) in [5.74, 6) is 0. The summed E-state index contributed by atoms with van der Waals surface area (Å²) in [5.41, 5.74) is 7.60. The predicted molar refractivity (Wildman–Crippen MR) is 71.6 cm³/mol. The molecule has 1 aromatic carbocycles. The summed E-state index contributed by atoms with van der Waals surface area (Å²) in [4.78, 5) is 2.27. The lowest BCUT2D eigenvalue weighted by molar-refractivity contribution is 0.323. The van der Waals surface area contributed by atoms with Crippen molar-refractivity contribution in [3.05, 3.63) is 41.4 Å². The summed E-state index contributed by atoms with van der Waals surface area (Å²) < 4.78 is 0. The highest BCUT2D eigenvalue weighted by Crippen LogP contribution is 2.20. The molecule has 16 heavy (non-hydrogen) atoms.